The van der Waals surface area contributed by atoms with Gasteiger partial charge >= 0.3 is 11.9 Å². The molecule has 1 heterocycles. The van der Waals surface area contributed by atoms with E-state index in [0.717, 1.165) is 11.8 Å². The monoisotopic (exact) mass is 1530 g/mol. The van der Waals surface area contributed by atoms with Crippen LogP contribution < -0.4 is 98.2 Å². The zero-order valence-electron chi connectivity index (χ0n) is 61.4. The number of amides is 15. The van der Waals surface area contributed by atoms with E-state index in [1.165, 1.54) is 31.2 Å². The first-order valence-electron chi connectivity index (χ1n) is 35.2. The van der Waals surface area contributed by atoms with Gasteiger partial charge in [-0.2, -0.15) is 0 Å². The summed E-state index contributed by atoms with van der Waals surface area (Å²) in [4.78, 5) is 232. The second-order valence-corrected chi connectivity index (χ2v) is 26.4. The molecule has 29 N–H and O–H groups in total. The maximum atomic E-state index is 14.5. The summed E-state index contributed by atoms with van der Waals surface area (Å²) in [6.07, 6.45) is -4.36. The van der Waals surface area contributed by atoms with E-state index in [9.17, 15) is 107 Å². The van der Waals surface area contributed by atoms with Gasteiger partial charge in [-0.1, -0.05) is 46.2 Å². The maximum Gasteiger partial charge on any atom is 0.326 e. The van der Waals surface area contributed by atoms with Gasteiger partial charge in [-0.3, -0.25) is 81.7 Å². The van der Waals surface area contributed by atoms with Crippen LogP contribution in [-0.2, 0) is 87.9 Å². The van der Waals surface area contributed by atoms with E-state index in [2.05, 4.69) is 63.5 Å². The molecule has 0 unspecified atom stereocenters. The van der Waals surface area contributed by atoms with Crippen LogP contribution >= 0.6 is 0 Å². The predicted octanol–water partition coefficient (Wildman–Crippen LogP) is -8.91. The number of nitrogens with two attached hydrogens (primary N) is 6. The van der Waals surface area contributed by atoms with Crippen LogP contribution in [0, 0.1) is 11.8 Å². The van der Waals surface area contributed by atoms with E-state index >= 15 is 0 Å². The summed E-state index contributed by atoms with van der Waals surface area (Å²) in [5, 5.41) is 78.3. The molecule has 0 spiro atoms. The molecule has 1 aliphatic heterocycles. The molecular weight excluding hydrogens is 1420 g/mol. The predicted molar refractivity (Wildman–Crippen MR) is 383 cm³/mol. The highest BCUT2D eigenvalue weighted by molar-refractivity contribution is 6.00. The fraction of sp³-hybridized carbons (Fsp3) is 0.636. The molecule has 1 aromatic carbocycles. The minimum Gasteiger partial charge on any atom is -0.508 e. The summed E-state index contributed by atoms with van der Waals surface area (Å²) in [5.41, 5.74) is 33.2. The molecule has 1 aliphatic rings. The van der Waals surface area contributed by atoms with Gasteiger partial charge in [-0.25, -0.2) is 4.79 Å². The van der Waals surface area contributed by atoms with Crippen molar-refractivity contribution in [3.63, 3.8) is 0 Å². The summed E-state index contributed by atoms with van der Waals surface area (Å²) >= 11 is 0. The van der Waals surface area contributed by atoms with Crippen molar-refractivity contribution in [3.8, 4) is 5.75 Å². The number of benzene rings is 1. The molecule has 0 radical (unpaired) electrons. The van der Waals surface area contributed by atoms with Crippen LogP contribution in [0.3, 0.4) is 0 Å². The molecule has 0 saturated carbocycles. The number of nitrogens with one attached hydrogen (secondary N) is 12. The number of rotatable bonds is 50. The lowest BCUT2D eigenvalue weighted by Gasteiger charge is -2.30. The van der Waals surface area contributed by atoms with Crippen molar-refractivity contribution in [2.24, 2.45) is 51.2 Å². The number of carbonyl (C=O) groups is 17. The number of aromatic hydroxyl groups is 1. The summed E-state index contributed by atoms with van der Waals surface area (Å²) in [7, 11) is 0. The zero-order chi connectivity index (χ0) is 81.7. The number of nitrogens with zero attached hydrogens (tertiary/aromatic N) is 2. The SMILES string of the molecule is CC[C@H](C)[C@H](NC(=O)[C@H](CCC(N)=O)NC(=O)CNC(=O)[C@H](C)NC(=O)[C@H](CCCN=C(N)N)NC(=O)[C@@H]1CCCN1C(=O)[C@H](CO)NC(=O)CN)C(=O)N[C@@H](CC(C)C)C(=O)N[C@@H](CCCCN)C(=O)N[C@@H](CCC(N)=O)C(=O)N[C@H](C(=O)N[C@@H](Cc1ccc(O)cc1)C(=O)N[C@@H](CC(=O)O)C(=O)O)[C@@H](C)O. The zero-order valence-corrected chi connectivity index (χ0v) is 61.4. The van der Waals surface area contributed by atoms with Gasteiger partial charge in [0.05, 0.1) is 32.2 Å². The number of carboxylic acid groups (broad SMARTS) is 2. The molecule has 604 valence electrons. The second kappa shape index (κ2) is 47.6. The first-order valence-corrected chi connectivity index (χ1v) is 35.2. The third-order valence-electron chi connectivity index (χ3n) is 17.0. The number of phenols is 1. The highest BCUT2D eigenvalue weighted by Gasteiger charge is 2.41. The van der Waals surface area contributed by atoms with Crippen molar-refractivity contribution in [1.82, 2.24) is 68.7 Å². The molecule has 0 bridgehead atoms. The van der Waals surface area contributed by atoms with E-state index in [-0.39, 0.29) is 87.8 Å². The Morgan fingerprint density at radius 3 is 1.57 bits per heavy atom. The molecule has 1 saturated heterocycles. The van der Waals surface area contributed by atoms with Crippen LogP contribution in [0.4, 0.5) is 0 Å². The number of guanidine groups is 1. The summed E-state index contributed by atoms with van der Waals surface area (Å²) in [6.45, 7) is 7.02. The first kappa shape index (κ1) is 93.2. The van der Waals surface area contributed by atoms with Gasteiger partial charge in [0, 0.05) is 32.4 Å². The summed E-state index contributed by atoms with van der Waals surface area (Å²) < 4.78 is 0. The third kappa shape index (κ3) is 33.7. The lowest BCUT2D eigenvalue weighted by Crippen LogP contribution is -2.62. The van der Waals surface area contributed by atoms with Crippen molar-refractivity contribution >= 4 is 107 Å². The number of aliphatic hydroxyl groups is 2. The van der Waals surface area contributed by atoms with Crippen LogP contribution in [0.5, 0.6) is 5.75 Å². The third-order valence-corrected chi connectivity index (χ3v) is 17.0. The van der Waals surface area contributed by atoms with Crippen molar-refractivity contribution in [2.75, 3.05) is 39.3 Å². The van der Waals surface area contributed by atoms with E-state index in [4.69, 9.17) is 34.4 Å². The number of aliphatic hydroxyl groups excluding tert-OH is 2. The number of hydrogen-bond acceptors (Lipinski definition) is 23. The average Bonchev–Trinajstić information content (AvgIpc) is 1.60. The molecule has 1 aromatic rings. The second-order valence-electron chi connectivity index (χ2n) is 26.4. The van der Waals surface area contributed by atoms with E-state index in [1.807, 2.05) is 5.32 Å². The Morgan fingerprint density at radius 2 is 1.05 bits per heavy atom. The fourth-order valence-electron chi connectivity index (χ4n) is 10.9. The molecule has 1 fully saturated rings. The van der Waals surface area contributed by atoms with Gasteiger partial charge in [-0.05, 0) is 114 Å². The lowest BCUT2D eigenvalue weighted by atomic mass is 9.96. The minimum absolute atomic E-state index is 0.0127. The summed E-state index contributed by atoms with van der Waals surface area (Å²) in [6, 6.07) is -13.7. The molecular formula is C66H108N20O22. The number of primary amides is 2. The van der Waals surface area contributed by atoms with Gasteiger partial charge in [0.1, 0.15) is 78.3 Å². The number of carbonyl (C=O) groups excluding carboxylic acids is 15. The standard InChI is InChI=1S/C66H108N20O22/c1-7-33(4)52(84-57(99)40(19-21-47(69)90)76-50(93)30-74-54(96)34(5)75-55(97)39(13-10-24-73-66(71)72)80-61(103)46-14-11-25-86(46)64(106)45(31-87)77-49(92)29-68)62(104)81-42(26-32(2)3)59(101)78-38(12-8-9-23-67)56(98)79-41(20-22-48(70)91)58(100)85-53(35(6)88)63(105)82-43(27-36-15-17-37(89)18-16-36)60(102)83-44(65(107)108)28-51(94)95/h15-18,32-35,38-46,52-53,87-89H,7-14,19-31,67-68H2,1-6H3,(H2,69,90)(H2,70,91)(H,74,96)(H,75,97)(H,76,93)(H,77,92)(H,78,101)(H,79,98)(H,80,103)(H,81,104)(H,82,105)(H,83,102)(H,84,99)(H,85,100)(H,94,95)(H,107,108)(H4,71,72,73)/t33-,34-,35+,38-,39-,40-,41-,42-,43-,44-,45-,46-,52-,53-/m0/s1. The van der Waals surface area contributed by atoms with Gasteiger partial charge in [-0.15, -0.1) is 0 Å². The van der Waals surface area contributed by atoms with Gasteiger partial charge in [0.2, 0.25) is 88.6 Å². The average molecular weight is 1530 g/mol. The smallest absolute Gasteiger partial charge is 0.326 e. The number of aliphatic imine (C=N–C) groups is 1. The Morgan fingerprint density at radius 1 is 0.556 bits per heavy atom. The lowest BCUT2D eigenvalue weighted by molar-refractivity contribution is -0.147. The highest BCUT2D eigenvalue weighted by atomic mass is 16.4. The number of hydrogen-bond donors (Lipinski definition) is 23. The van der Waals surface area contributed by atoms with Gasteiger partial charge < -0.3 is 129 Å². The highest BCUT2D eigenvalue weighted by Crippen LogP contribution is 2.21. The molecule has 0 aromatic heterocycles. The van der Waals surface area contributed by atoms with Crippen LogP contribution in [0.15, 0.2) is 29.3 Å². The number of aliphatic carboxylic acids is 2. The Kier molecular flexibility index (Phi) is 41.1. The number of likely N-dealkylation sites (tertiary alicyclic amines) is 1. The number of phenolic OH excluding ortho intramolecular Hbond substituents is 1. The van der Waals surface area contributed by atoms with Crippen LogP contribution in [-0.4, -0.2) is 255 Å². The minimum atomic E-state index is -1.98. The Labute approximate surface area is 622 Å². The topological polar surface area (TPSA) is 707 Å². The molecule has 14 atom stereocenters. The normalized spacial score (nSPS) is 16.1. The Bertz CT molecular complexity index is 3320. The molecule has 15 amide bonds. The van der Waals surface area contributed by atoms with Gasteiger partial charge in [0.25, 0.3) is 0 Å². The maximum absolute atomic E-state index is 14.5. The van der Waals surface area contributed by atoms with Crippen molar-refractivity contribution in [3.05, 3.63) is 29.8 Å². The van der Waals surface area contributed by atoms with E-state index in [1.54, 1.807) is 27.7 Å². The quantitative estimate of drug-likeness (QED) is 0.0164. The van der Waals surface area contributed by atoms with Crippen LogP contribution in [0.2, 0.25) is 0 Å². The number of carboxylic acids is 2. The molecule has 2 rings (SSSR count). The molecule has 42 nitrogen and oxygen atoms in total. The Balaban J connectivity index is 2.40. The van der Waals surface area contributed by atoms with Crippen LogP contribution in [0.1, 0.15) is 137 Å². The van der Waals surface area contributed by atoms with Crippen molar-refractivity contribution < 1.29 is 107 Å². The molecule has 42 heteroatoms. The fourth-order valence-corrected chi connectivity index (χ4v) is 10.9. The van der Waals surface area contributed by atoms with E-state index in [0.29, 0.717) is 12.8 Å². The van der Waals surface area contributed by atoms with Crippen molar-refractivity contribution in [2.45, 2.75) is 216 Å². The largest absolute Gasteiger partial charge is 0.508 e. The van der Waals surface area contributed by atoms with Gasteiger partial charge in [0.15, 0.2) is 5.96 Å². The first-order chi connectivity index (χ1) is 50.8. The molecule has 108 heavy (non-hydrogen) atoms. The van der Waals surface area contributed by atoms with Crippen molar-refractivity contribution in [1.29, 1.82) is 0 Å². The van der Waals surface area contributed by atoms with E-state index < -0.39 is 243 Å². The molecule has 0 aliphatic carbocycles. The number of unbranched alkanes of at least 4 members (excludes halogenated alkanes) is 1. The Hall–Kier alpha value is -10.9. The summed E-state index contributed by atoms with van der Waals surface area (Å²) in [5.74, 6) is -19.5. The van der Waals surface area contributed by atoms with Crippen LogP contribution in [0.25, 0.3) is 0 Å².